The Balaban J connectivity index is 2.23. The highest BCUT2D eigenvalue weighted by Gasteiger charge is 2.09. The first-order chi connectivity index (χ1) is 8.18. The van der Waals surface area contributed by atoms with Gasteiger partial charge in [0.15, 0.2) is 0 Å². The van der Waals surface area contributed by atoms with Gasteiger partial charge in [0.1, 0.15) is 0 Å². The minimum atomic E-state index is 0.695. The SMILES string of the molecule is C/C(C1=CCCC=C1)=C(\C)C1=CCC(C)C=C1. The van der Waals surface area contributed by atoms with Crippen LogP contribution in [0.3, 0.4) is 0 Å². The third-order valence-electron chi connectivity index (χ3n) is 3.74. The molecular formula is C17H22. The van der Waals surface area contributed by atoms with Crippen LogP contribution in [0.1, 0.15) is 40.0 Å². The highest BCUT2D eigenvalue weighted by Crippen LogP contribution is 2.27. The van der Waals surface area contributed by atoms with Crippen molar-refractivity contribution in [3.63, 3.8) is 0 Å². The molecule has 0 aliphatic heterocycles. The van der Waals surface area contributed by atoms with E-state index in [1.165, 1.54) is 41.6 Å². The zero-order chi connectivity index (χ0) is 12.3. The number of allylic oxidation sites excluding steroid dienone is 10. The van der Waals surface area contributed by atoms with Crippen LogP contribution in [0.4, 0.5) is 0 Å². The highest BCUT2D eigenvalue weighted by molar-refractivity contribution is 5.51. The molecule has 0 spiro atoms. The molecule has 0 fully saturated rings. The molecule has 0 aromatic rings. The molecule has 2 aliphatic rings. The first-order valence-corrected chi connectivity index (χ1v) is 6.62. The Labute approximate surface area is 105 Å². The van der Waals surface area contributed by atoms with E-state index in [4.69, 9.17) is 0 Å². The van der Waals surface area contributed by atoms with E-state index in [1.54, 1.807) is 0 Å². The lowest BCUT2D eigenvalue weighted by Crippen LogP contribution is -1.98. The topological polar surface area (TPSA) is 0 Å². The van der Waals surface area contributed by atoms with Crippen LogP contribution in [0.25, 0.3) is 0 Å². The Kier molecular flexibility index (Phi) is 3.83. The lowest BCUT2D eigenvalue weighted by atomic mass is 9.89. The molecule has 0 N–H and O–H groups in total. The van der Waals surface area contributed by atoms with Crippen molar-refractivity contribution in [2.24, 2.45) is 5.92 Å². The Morgan fingerprint density at radius 2 is 1.71 bits per heavy atom. The first-order valence-electron chi connectivity index (χ1n) is 6.62. The molecule has 17 heavy (non-hydrogen) atoms. The highest BCUT2D eigenvalue weighted by atomic mass is 14.1. The summed E-state index contributed by atoms with van der Waals surface area (Å²) in [4.78, 5) is 0. The van der Waals surface area contributed by atoms with Crippen LogP contribution >= 0.6 is 0 Å². The van der Waals surface area contributed by atoms with E-state index in [1.807, 2.05) is 0 Å². The molecule has 1 atom stereocenters. The fourth-order valence-electron chi connectivity index (χ4n) is 2.33. The third-order valence-corrected chi connectivity index (χ3v) is 3.74. The summed E-state index contributed by atoms with van der Waals surface area (Å²) >= 11 is 0. The molecule has 0 saturated carbocycles. The molecule has 0 heterocycles. The third kappa shape index (κ3) is 2.88. The average molecular weight is 226 g/mol. The Morgan fingerprint density at radius 1 is 1.00 bits per heavy atom. The summed E-state index contributed by atoms with van der Waals surface area (Å²) in [5, 5.41) is 0. The lowest BCUT2D eigenvalue weighted by Gasteiger charge is -2.16. The van der Waals surface area contributed by atoms with Crippen LogP contribution in [-0.2, 0) is 0 Å². The number of rotatable bonds is 2. The van der Waals surface area contributed by atoms with Gasteiger partial charge in [0, 0.05) is 0 Å². The predicted octanol–water partition coefficient (Wildman–Crippen LogP) is 5.12. The van der Waals surface area contributed by atoms with Crippen molar-refractivity contribution in [3.05, 3.63) is 58.7 Å². The van der Waals surface area contributed by atoms with E-state index in [0.29, 0.717) is 5.92 Å². The summed E-state index contributed by atoms with van der Waals surface area (Å²) in [5.74, 6) is 0.695. The van der Waals surface area contributed by atoms with Gasteiger partial charge in [-0.15, -0.1) is 0 Å². The molecule has 2 aliphatic carbocycles. The van der Waals surface area contributed by atoms with Gasteiger partial charge in [0.25, 0.3) is 0 Å². The molecule has 90 valence electrons. The molecule has 0 amide bonds. The maximum atomic E-state index is 2.37. The summed E-state index contributed by atoms with van der Waals surface area (Å²) in [6, 6.07) is 0. The van der Waals surface area contributed by atoms with Gasteiger partial charge in [-0.05, 0) is 61.3 Å². The molecule has 0 aromatic carbocycles. The van der Waals surface area contributed by atoms with Gasteiger partial charge in [0.2, 0.25) is 0 Å². The molecule has 0 radical (unpaired) electrons. The Morgan fingerprint density at radius 3 is 2.24 bits per heavy atom. The van der Waals surface area contributed by atoms with E-state index in [9.17, 15) is 0 Å². The van der Waals surface area contributed by atoms with Crippen LogP contribution < -0.4 is 0 Å². The fourth-order valence-corrected chi connectivity index (χ4v) is 2.33. The normalized spacial score (nSPS) is 25.2. The fraction of sp³-hybridized carbons (Fsp3) is 0.412. The van der Waals surface area contributed by atoms with Crippen LogP contribution in [0, 0.1) is 5.92 Å². The van der Waals surface area contributed by atoms with Crippen LogP contribution in [0.2, 0.25) is 0 Å². The minimum absolute atomic E-state index is 0.695. The summed E-state index contributed by atoms with van der Waals surface area (Å²) in [6.07, 6.45) is 17.4. The maximum Gasteiger partial charge on any atom is -0.0224 e. The molecule has 0 nitrogen and oxygen atoms in total. The summed E-state index contributed by atoms with van der Waals surface area (Å²) in [6.45, 7) is 6.75. The van der Waals surface area contributed by atoms with E-state index < -0.39 is 0 Å². The van der Waals surface area contributed by atoms with Crippen molar-refractivity contribution in [2.45, 2.75) is 40.0 Å². The monoisotopic (exact) mass is 226 g/mol. The molecule has 1 unspecified atom stereocenters. The van der Waals surface area contributed by atoms with Gasteiger partial charge in [-0.1, -0.05) is 43.4 Å². The van der Waals surface area contributed by atoms with Crippen molar-refractivity contribution < 1.29 is 0 Å². The van der Waals surface area contributed by atoms with Crippen molar-refractivity contribution in [2.75, 3.05) is 0 Å². The summed E-state index contributed by atoms with van der Waals surface area (Å²) in [5.41, 5.74) is 5.65. The van der Waals surface area contributed by atoms with Crippen molar-refractivity contribution in [3.8, 4) is 0 Å². The van der Waals surface area contributed by atoms with Gasteiger partial charge in [-0.2, -0.15) is 0 Å². The van der Waals surface area contributed by atoms with E-state index in [0.717, 1.165) is 0 Å². The zero-order valence-corrected chi connectivity index (χ0v) is 11.2. The smallest absolute Gasteiger partial charge is 0.0224 e. The molecule has 0 bridgehead atoms. The van der Waals surface area contributed by atoms with E-state index in [2.05, 4.69) is 57.2 Å². The predicted molar refractivity (Wildman–Crippen MR) is 75.8 cm³/mol. The van der Waals surface area contributed by atoms with Crippen molar-refractivity contribution >= 4 is 0 Å². The standard InChI is InChI=1S/C17H22/c1-13-9-11-17(12-10-13)15(3)14(2)16-7-5-4-6-8-16/h5,7-9,11-13H,4,6,10H2,1-3H3/b15-14-. The lowest BCUT2D eigenvalue weighted by molar-refractivity contribution is 0.731. The van der Waals surface area contributed by atoms with Gasteiger partial charge in [0.05, 0.1) is 0 Å². The average Bonchev–Trinajstić information content (AvgIpc) is 2.39. The van der Waals surface area contributed by atoms with Crippen LogP contribution in [0.5, 0.6) is 0 Å². The van der Waals surface area contributed by atoms with Gasteiger partial charge in [-0.3, -0.25) is 0 Å². The maximum absolute atomic E-state index is 2.37. The van der Waals surface area contributed by atoms with E-state index >= 15 is 0 Å². The molecule has 0 saturated heterocycles. The van der Waals surface area contributed by atoms with Gasteiger partial charge >= 0.3 is 0 Å². The number of hydrogen-bond donors (Lipinski definition) is 0. The van der Waals surface area contributed by atoms with Gasteiger partial charge in [-0.25, -0.2) is 0 Å². The molecule has 0 aromatic heterocycles. The minimum Gasteiger partial charge on any atom is -0.0836 e. The molecule has 0 heteroatoms. The second-order valence-corrected chi connectivity index (χ2v) is 5.12. The zero-order valence-electron chi connectivity index (χ0n) is 11.2. The second-order valence-electron chi connectivity index (χ2n) is 5.12. The van der Waals surface area contributed by atoms with Crippen molar-refractivity contribution in [1.82, 2.24) is 0 Å². The quantitative estimate of drug-likeness (QED) is 0.613. The van der Waals surface area contributed by atoms with Gasteiger partial charge < -0.3 is 0 Å². The summed E-state index contributed by atoms with van der Waals surface area (Å²) < 4.78 is 0. The van der Waals surface area contributed by atoms with Crippen molar-refractivity contribution in [1.29, 1.82) is 0 Å². The molecule has 2 rings (SSSR count). The van der Waals surface area contributed by atoms with E-state index in [-0.39, 0.29) is 0 Å². The van der Waals surface area contributed by atoms with Crippen LogP contribution in [-0.4, -0.2) is 0 Å². The Hall–Kier alpha value is -1.30. The second kappa shape index (κ2) is 5.35. The molecular weight excluding hydrogens is 204 g/mol. The van der Waals surface area contributed by atoms with Crippen LogP contribution in [0.15, 0.2) is 58.7 Å². The summed E-state index contributed by atoms with van der Waals surface area (Å²) in [7, 11) is 0. The number of hydrogen-bond acceptors (Lipinski definition) is 0. The first kappa shape index (κ1) is 12.2. The Bertz CT molecular complexity index is 439. The largest absolute Gasteiger partial charge is 0.0836 e.